The molecule has 0 atom stereocenters. The highest BCUT2D eigenvalue weighted by atomic mass is 16.6. The second-order valence-electron chi connectivity index (χ2n) is 10.6. The molecule has 0 saturated carbocycles. The monoisotopic (exact) mass is 534 g/mol. The fourth-order valence-corrected chi connectivity index (χ4v) is 4.83. The Morgan fingerprint density at radius 1 is 1.03 bits per heavy atom. The maximum absolute atomic E-state index is 13.4. The van der Waals surface area contributed by atoms with Crippen molar-refractivity contribution in [1.29, 1.82) is 0 Å². The van der Waals surface area contributed by atoms with Gasteiger partial charge in [0, 0.05) is 31.6 Å². The minimum atomic E-state index is -0.541. The van der Waals surface area contributed by atoms with Gasteiger partial charge in [-0.25, -0.2) is 9.48 Å². The molecule has 9 nitrogen and oxygen atoms in total. The van der Waals surface area contributed by atoms with E-state index in [1.165, 1.54) is 0 Å². The molecule has 2 heterocycles. The Morgan fingerprint density at radius 3 is 2.38 bits per heavy atom. The highest BCUT2D eigenvalue weighted by molar-refractivity contribution is 5.95. The first-order valence-corrected chi connectivity index (χ1v) is 13.3. The number of nitrogens with one attached hydrogen (secondary N) is 1. The van der Waals surface area contributed by atoms with E-state index in [0.717, 1.165) is 28.4 Å². The van der Waals surface area contributed by atoms with Crippen LogP contribution in [0.1, 0.15) is 61.1 Å². The summed E-state index contributed by atoms with van der Waals surface area (Å²) in [6.45, 7) is 7.15. The number of benzene rings is 2. The maximum atomic E-state index is 13.4. The molecule has 2 amide bonds. The first kappa shape index (κ1) is 28.0. The molecule has 9 heteroatoms. The van der Waals surface area contributed by atoms with Crippen LogP contribution in [0.5, 0.6) is 11.5 Å². The van der Waals surface area contributed by atoms with Crippen molar-refractivity contribution in [2.24, 2.45) is 0 Å². The van der Waals surface area contributed by atoms with E-state index in [4.69, 9.17) is 14.2 Å². The van der Waals surface area contributed by atoms with Crippen LogP contribution in [0.15, 0.2) is 54.7 Å². The highest BCUT2D eigenvalue weighted by Crippen LogP contribution is 2.33. The molecule has 0 bridgehead atoms. The molecule has 1 aromatic heterocycles. The van der Waals surface area contributed by atoms with Gasteiger partial charge in [0.2, 0.25) is 0 Å². The van der Waals surface area contributed by atoms with Gasteiger partial charge in [-0.1, -0.05) is 24.3 Å². The summed E-state index contributed by atoms with van der Waals surface area (Å²) in [6, 6.07) is 15.5. The molecular weight excluding hydrogens is 496 g/mol. The lowest BCUT2D eigenvalue weighted by atomic mass is 9.91. The summed E-state index contributed by atoms with van der Waals surface area (Å²) in [5.74, 6) is 1.33. The Labute approximate surface area is 230 Å². The number of amides is 2. The second kappa shape index (κ2) is 12.2. The smallest absolute Gasteiger partial charge is 0.410 e. The largest absolute Gasteiger partial charge is 0.497 e. The zero-order chi connectivity index (χ0) is 28.0. The second-order valence-corrected chi connectivity index (χ2v) is 10.6. The molecule has 1 fully saturated rings. The summed E-state index contributed by atoms with van der Waals surface area (Å²) in [6.07, 6.45) is 3.37. The normalized spacial score (nSPS) is 14.1. The van der Waals surface area contributed by atoms with Gasteiger partial charge in [0.1, 0.15) is 17.1 Å². The van der Waals surface area contributed by atoms with Crippen LogP contribution >= 0.6 is 0 Å². The van der Waals surface area contributed by atoms with Crippen LogP contribution in [0.4, 0.5) is 4.79 Å². The van der Waals surface area contributed by atoms with Crippen LogP contribution in [-0.2, 0) is 11.2 Å². The molecule has 4 rings (SSSR count). The Hall–Kier alpha value is -4.01. The Morgan fingerprint density at radius 2 is 1.74 bits per heavy atom. The summed E-state index contributed by atoms with van der Waals surface area (Å²) < 4.78 is 18.2. The molecule has 1 N–H and O–H groups in total. The topological polar surface area (TPSA) is 94.9 Å². The number of likely N-dealkylation sites (tertiary alicyclic amines) is 1. The van der Waals surface area contributed by atoms with Crippen molar-refractivity contribution in [3.8, 4) is 17.2 Å². The van der Waals surface area contributed by atoms with Crippen LogP contribution in [0.2, 0.25) is 0 Å². The summed E-state index contributed by atoms with van der Waals surface area (Å²) in [4.78, 5) is 27.8. The van der Waals surface area contributed by atoms with E-state index >= 15 is 0 Å². The number of piperidine rings is 1. The summed E-state index contributed by atoms with van der Waals surface area (Å²) in [5, 5.41) is 7.68. The molecule has 1 saturated heterocycles. The van der Waals surface area contributed by atoms with Gasteiger partial charge in [0.05, 0.1) is 37.4 Å². The number of hydrogen-bond donors (Lipinski definition) is 1. The van der Waals surface area contributed by atoms with E-state index in [1.807, 2.05) is 74.0 Å². The van der Waals surface area contributed by atoms with Crippen molar-refractivity contribution in [3.05, 3.63) is 71.5 Å². The standard InChI is InChI=1S/C30H38N4O5/c1-30(2,3)39-29(36)33-17-14-22(15-18-33)27-25(20-32-34(27)23-9-7-6-8-10-23)28(35)31-16-13-21-11-12-24(37-4)19-26(21)38-5/h6-12,19-20,22H,13-18H2,1-5H3,(H,31,35). The minimum Gasteiger partial charge on any atom is -0.497 e. The van der Waals surface area contributed by atoms with Crippen molar-refractivity contribution >= 4 is 12.0 Å². The number of aromatic nitrogens is 2. The van der Waals surface area contributed by atoms with E-state index in [1.54, 1.807) is 25.3 Å². The number of nitrogens with zero attached hydrogens (tertiary/aromatic N) is 3. The van der Waals surface area contributed by atoms with Crippen LogP contribution in [0, 0.1) is 0 Å². The van der Waals surface area contributed by atoms with Gasteiger partial charge in [-0.2, -0.15) is 5.10 Å². The van der Waals surface area contributed by atoms with Crippen LogP contribution in [0.3, 0.4) is 0 Å². The molecule has 39 heavy (non-hydrogen) atoms. The van der Waals surface area contributed by atoms with Gasteiger partial charge in [0.15, 0.2) is 0 Å². The van der Waals surface area contributed by atoms with E-state index in [-0.39, 0.29) is 17.9 Å². The van der Waals surface area contributed by atoms with E-state index < -0.39 is 5.60 Å². The molecule has 0 radical (unpaired) electrons. The molecule has 0 spiro atoms. The predicted octanol–water partition coefficient (Wildman–Crippen LogP) is 4.98. The number of para-hydroxylation sites is 1. The quantitative estimate of drug-likeness (QED) is 0.438. The van der Waals surface area contributed by atoms with Crippen LogP contribution < -0.4 is 14.8 Å². The molecule has 1 aliphatic rings. The molecular formula is C30H38N4O5. The first-order valence-electron chi connectivity index (χ1n) is 13.3. The number of hydrogen-bond acceptors (Lipinski definition) is 6. The maximum Gasteiger partial charge on any atom is 0.410 e. The third kappa shape index (κ3) is 6.90. The van der Waals surface area contributed by atoms with Crippen molar-refractivity contribution in [1.82, 2.24) is 20.0 Å². The molecule has 1 aliphatic heterocycles. The molecule has 0 unspecified atom stereocenters. The molecule has 3 aromatic rings. The fraction of sp³-hybridized carbons (Fsp3) is 0.433. The predicted molar refractivity (Wildman–Crippen MR) is 149 cm³/mol. The number of carbonyl (C=O) groups is 2. The van der Waals surface area contributed by atoms with Crippen molar-refractivity contribution in [2.45, 2.75) is 51.6 Å². The van der Waals surface area contributed by atoms with Gasteiger partial charge in [-0.05, 0) is 63.8 Å². The molecule has 2 aromatic carbocycles. The van der Waals surface area contributed by atoms with Gasteiger partial charge in [0.25, 0.3) is 5.91 Å². The van der Waals surface area contributed by atoms with Gasteiger partial charge in [-0.3, -0.25) is 4.79 Å². The first-order chi connectivity index (χ1) is 18.7. The fourth-order valence-electron chi connectivity index (χ4n) is 4.83. The molecule has 208 valence electrons. The average molecular weight is 535 g/mol. The van der Waals surface area contributed by atoms with Crippen molar-refractivity contribution in [3.63, 3.8) is 0 Å². The summed E-state index contributed by atoms with van der Waals surface area (Å²) >= 11 is 0. The van der Waals surface area contributed by atoms with E-state index in [0.29, 0.717) is 44.5 Å². The van der Waals surface area contributed by atoms with Crippen LogP contribution in [-0.4, -0.2) is 66.1 Å². The van der Waals surface area contributed by atoms with Gasteiger partial charge in [-0.15, -0.1) is 0 Å². The van der Waals surface area contributed by atoms with Crippen LogP contribution in [0.25, 0.3) is 5.69 Å². The lowest BCUT2D eigenvalue weighted by Crippen LogP contribution is -2.41. The summed E-state index contributed by atoms with van der Waals surface area (Å²) in [7, 11) is 3.23. The SMILES string of the molecule is COc1ccc(CCNC(=O)c2cnn(-c3ccccc3)c2C2CCN(C(=O)OC(C)(C)C)CC2)c(OC)c1. The minimum absolute atomic E-state index is 0.0637. The third-order valence-corrected chi connectivity index (χ3v) is 6.76. The highest BCUT2D eigenvalue weighted by Gasteiger charge is 2.32. The lowest BCUT2D eigenvalue weighted by Gasteiger charge is -2.34. The number of methoxy groups -OCH3 is 2. The number of carbonyl (C=O) groups excluding carboxylic acids is 2. The average Bonchev–Trinajstić information content (AvgIpc) is 3.38. The van der Waals surface area contributed by atoms with E-state index in [2.05, 4.69) is 10.4 Å². The Kier molecular flexibility index (Phi) is 8.79. The number of ether oxygens (including phenoxy) is 3. The Bertz CT molecular complexity index is 1270. The van der Waals surface area contributed by atoms with Gasteiger partial charge >= 0.3 is 6.09 Å². The zero-order valence-electron chi connectivity index (χ0n) is 23.4. The lowest BCUT2D eigenvalue weighted by molar-refractivity contribution is 0.0203. The van der Waals surface area contributed by atoms with Crippen molar-refractivity contribution in [2.75, 3.05) is 33.9 Å². The number of rotatable bonds is 8. The Balaban J connectivity index is 1.50. The van der Waals surface area contributed by atoms with Gasteiger partial charge < -0.3 is 24.4 Å². The third-order valence-electron chi connectivity index (χ3n) is 6.76. The van der Waals surface area contributed by atoms with E-state index in [9.17, 15) is 9.59 Å². The molecule has 0 aliphatic carbocycles. The summed E-state index contributed by atoms with van der Waals surface area (Å²) in [5.41, 5.74) is 2.75. The zero-order valence-corrected chi connectivity index (χ0v) is 23.4. The van der Waals surface area contributed by atoms with Crippen molar-refractivity contribution < 1.29 is 23.8 Å².